The Morgan fingerprint density at radius 2 is 1.83 bits per heavy atom. The largest absolute Gasteiger partial charge is 0.494 e. The molecule has 122 valence electrons. The van der Waals surface area contributed by atoms with Gasteiger partial charge in [-0.05, 0) is 62.2 Å². The first kappa shape index (κ1) is 16.0. The van der Waals surface area contributed by atoms with Gasteiger partial charge in [-0.25, -0.2) is 9.78 Å². The van der Waals surface area contributed by atoms with E-state index in [4.69, 9.17) is 9.72 Å². The first-order chi connectivity index (χ1) is 11.5. The summed E-state index contributed by atoms with van der Waals surface area (Å²) < 4.78 is 5.45. The fourth-order valence-electron chi connectivity index (χ4n) is 2.74. The SMILES string of the molecule is CCOc1ccc(-c2cc(C(=O)O)c3ccc(C)c(C)c3n2)cc1. The third-order valence-corrected chi connectivity index (χ3v) is 4.20. The minimum atomic E-state index is -0.946. The van der Waals surface area contributed by atoms with E-state index < -0.39 is 5.97 Å². The number of benzene rings is 2. The summed E-state index contributed by atoms with van der Waals surface area (Å²) in [6.07, 6.45) is 0. The number of aryl methyl sites for hydroxylation is 2. The van der Waals surface area contributed by atoms with Gasteiger partial charge in [0.25, 0.3) is 0 Å². The molecule has 0 radical (unpaired) electrons. The zero-order valence-electron chi connectivity index (χ0n) is 14.0. The Hall–Kier alpha value is -2.88. The van der Waals surface area contributed by atoms with E-state index in [1.807, 2.05) is 57.2 Å². The van der Waals surface area contributed by atoms with E-state index in [0.29, 0.717) is 17.7 Å². The summed E-state index contributed by atoms with van der Waals surface area (Å²) in [5, 5.41) is 10.2. The molecule has 0 amide bonds. The number of pyridine rings is 1. The molecule has 0 aliphatic heterocycles. The number of carbonyl (C=O) groups is 1. The van der Waals surface area contributed by atoms with Crippen molar-refractivity contribution in [2.75, 3.05) is 6.61 Å². The molecule has 0 saturated heterocycles. The lowest BCUT2D eigenvalue weighted by atomic mass is 9.99. The van der Waals surface area contributed by atoms with Crippen LogP contribution in [0.4, 0.5) is 0 Å². The van der Waals surface area contributed by atoms with Crippen LogP contribution in [0.5, 0.6) is 5.75 Å². The Labute approximate surface area is 140 Å². The Morgan fingerprint density at radius 1 is 1.12 bits per heavy atom. The highest BCUT2D eigenvalue weighted by molar-refractivity contribution is 6.04. The van der Waals surface area contributed by atoms with Crippen LogP contribution in [0, 0.1) is 13.8 Å². The molecule has 0 aliphatic rings. The Morgan fingerprint density at radius 3 is 2.46 bits per heavy atom. The van der Waals surface area contributed by atoms with Gasteiger partial charge in [-0.1, -0.05) is 12.1 Å². The molecule has 4 heteroatoms. The molecule has 0 aliphatic carbocycles. The number of carboxylic acid groups (broad SMARTS) is 1. The summed E-state index contributed by atoms with van der Waals surface area (Å²) in [6.45, 7) is 6.51. The van der Waals surface area contributed by atoms with Crippen molar-refractivity contribution in [3.8, 4) is 17.0 Å². The van der Waals surface area contributed by atoms with Crippen molar-refractivity contribution < 1.29 is 14.6 Å². The summed E-state index contributed by atoms with van der Waals surface area (Å²) in [5.74, 6) is -0.162. The number of hydrogen-bond acceptors (Lipinski definition) is 3. The molecule has 1 heterocycles. The average molecular weight is 321 g/mol. The van der Waals surface area contributed by atoms with Crippen molar-refractivity contribution in [1.82, 2.24) is 4.98 Å². The molecule has 2 aromatic carbocycles. The molecular formula is C20H19NO3. The van der Waals surface area contributed by atoms with Crippen LogP contribution in [0.3, 0.4) is 0 Å². The Balaban J connectivity index is 2.21. The fraction of sp³-hybridized carbons (Fsp3) is 0.200. The van der Waals surface area contributed by atoms with E-state index in [-0.39, 0.29) is 5.56 Å². The normalized spacial score (nSPS) is 10.8. The number of nitrogens with zero attached hydrogens (tertiary/aromatic N) is 1. The Kier molecular flexibility index (Phi) is 4.21. The van der Waals surface area contributed by atoms with Gasteiger partial charge in [0.2, 0.25) is 0 Å². The van der Waals surface area contributed by atoms with Gasteiger partial charge in [0.1, 0.15) is 5.75 Å². The highest BCUT2D eigenvalue weighted by Crippen LogP contribution is 2.29. The van der Waals surface area contributed by atoms with Gasteiger partial charge in [0, 0.05) is 10.9 Å². The van der Waals surface area contributed by atoms with E-state index in [9.17, 15) is 9.90 Å². The van der Waals surface area contributed by atoms with Crippen molar-refractivity contribution >= 4 is 16.9 Å². The quantitative estimate of drug-likeness (QED) is 0.762. The van der Waals surface area contributed by atoms with Gasteiger partial charge in [-0.15, -0.1) is 0 Å². The van der Waals surface area contributed by atoms with Crippen LogP contribution in [-0.4, -0.2) is 22.7 Å². The van der Waals surface area contributed by atoms with Crippen LogP contribution >= 0.6 is 0 Å². The molecule has 24 heavy (non-hydrogen) atoms. The maximum Gasteiger partial charge on any atom is 0.336 e. The molecular weight excluding hydrogens is 302 g/mol. The summed E-state index contributed by atoms with van der Waals surface area (Å²) in [5.41, 5.74) is 4.61. The first-order valence-electron chi connectivity index (χ1n) is 7.88. The molecule has 0 atom stereocenters. The maximum atomic E-state index is 11.7. The zero-order valence-corrected chi connectivity index (χ0v) is 14.0. The molecule has 0 saturated carbocycles. The number of rotatable bonds is 4. The molecule has 0 spiro atoms. The molecule has 0 unspecified atom stereocenters. The lowest BCUT2D eigenvalue weighted by Crippen LogP contribution is -2.02. The third kappa shape index (κ3) is 2.83. The number of aromatic carboxylic acids is 1. The second-order valence-electron chi connectivity index (χ2n) is 5.72. The highest BCUT2D eigenvalue weighted by Gasteiger charge is 2.15. The fourth-order valence-corrected chi connectivity index (χ4v) is 2.74. The average Bonchev–Trinajstić information content (AvgIpc) is 2.58. The van der Waals surface area contributed by atoms with Crippen molar-refractivity contribution in [3.05, 3.63) is 59.2 Å². The number of hydrogen-bond donors (Lipinski definition) is 1. The number of carboxylic acids is 1. The molecule has 3 rings (SSSR count). The van der Waals surface area contributed by atoms with Crippen LogP contribution in [0.2, 0.25) is 0 Å². The summed E-state index contributed by atoms with van der Waals surface area (Å²) in [7, 11) is 0. The van der Waals surface area contributed by atoms with Crippen LogP contribution in [0.1, 0.15) is 28.4 Å². The van der Waals surface area contributed by atoms with Gasteiger partial charge in [0.15, 0.2) is 0 Å². The minimum Gasteiger partial charge on any atom is -0.494 e. The summed E-state index contributed by atoms with van der Waals surface area (Å²) in [4.78, 5) is 16.4. The van der Waals surface area contributed by atoms with E-state index in [1.165, 1.54) is 0 Å². The standard InChI is InChI=1S/C20H19NO3/c1-4-24-15-8-6-14(7-9-15)18-11-17(20(22)23)16-10-5-12(2)13(3)19(16)21-18/h5-11H,4H2,1-3H3,(H,22,23). The van der Waals surface area contributed by atoms with Crippen LogP contribution in [0.15, 0.2) is 42.5 Å². The van der Waals surface area contributed by atoms with Crippen molar-refractivity contribution in [3.63, 3.8) is 0 Å². The lowest BCUT2D eigenvalue weighted by molar-refractivity contribution is 0.0699. The van der Waals surface area contributed by atoms with Crippen LogP contribution in [0.25, 0.3) is 22.2 Å². The van der Waals surface area contributed by atoms with E-state index in [2.05, 4.69) is 0 Å². The molecule has 0 fully saturated rings. The van der Waals surface area contributed by atoms with Gasteiger partial charge in [-0.3, -0.25) is 0 Å². The van der Waals surface area contributed by atoms with Crippen LogP contribution in [-0.2, 0) is 0 Å². The second-order valence-corrected chi connectivity index (χ2v) is 5.72. The predicted octanol–water partition coefficient (Wildman–Crippen LogP) is 4.62. The first-order valence-corrected chi connectivity index (χ1v) is 7.88. The summed E-state index contributed by atoms with van der Waals surface area (Å²) in [6, 6.07) is 12.9. The third-order valence-electron chi connectivity index (χ3n) is 4.20. The number of aromatic nitrogens is 1. The second kappa shape index (κ2) is 6.32. The van der Waals surface area contributed by atoms with Crippen LogP contribution < -0.4 is 4.74 Å². The molecule has 0 bridgehead atoms. The van der Waals surface area contributed by atoms with Crippen molar-refractivity contribution in [1.29, 1.82) is 0 Å². The van der Waals surface area contributed by atoms with E-state index >= 15 is 0 Å². The highest BCUT2D eigenvalue weighted by atomic mass is 16.5. The van der Waals surface area contributed by atoms with E-state index in [1.54, 1.807) is 6.07 Å². The molecule has 1 aromatic heterocycles. The minimum absolute atomic E-state index is 0.270. The van der Waals surface area contributed by atoms with Gasteiger partial charge >= 0.3 is 5.97 Å². The van der Waals surface area contributed by atoms with Gasteiger partial charge in [-0.2, -0.15) is 0 Å². The van der Waals surface area contributed by atoms with Gasteiger partial charge in [0.05, 0.1) is 23.4 Å². The van der Waals surface area contributed by atoms with Crippen molar-refractivity contribution in [2.24, 2.45) is 0 Å². The monoisotopic (exact) mass is 321 g/mol. The lowest BCUT2D eigenvalue weighted by Gasteiger charge is -2.11. The number of ether oxygens (including phenoxy) is 1. The molecule has 1 N–H and O–H groups in total. The zero-order chi connectivity index (χ0) is 17.3. The van der Waals surface area contributed by atoms with E-state index in [0.717, 1.165) is 28.0 Å². The Bertz CT molecular complexity index is 914. The predicted molar refractivity (Wildman–Crippen MR) is 94.8 cm³/mol. The number of fused-ring (bicyclic) bond motifs is 1. The summed E-state index contributed by atoms with van der Waals surface area (Å²) >= 11 is 0. The van der Waals surface area contributed by atoms with Gasteiger partial charge < -0.3 is 9.84 Å². The smallest absolute Gasteiger partial charge is 0.336 e. The van der Waals surface area contributed by atoms with Crippen molar-refractivity contribution in [2.45, 2.75) is 20.8 Å². The molecule has 4 nitrogen and oxygen atoms in total. The maximum absolute atomic E-state index is 11.7. The molecule has 3 aromatic rings. The topological polar surface area (TPSA) is 59.4 Å².